The number of carbonyl (C=O) groups is 1. The SMILES string of the molecule is COC(=O)c1sc2nc(SCCCCOc3ccccc3)nc(Cl)c2c1C. The molecule has 0 bridgehead atoms. The van der Waals surface area contributed by atoms with E-state index >= 15 is 0 Å². The first-order chi connectivity index (χ1) is 13.1. The monoisotopic (exact) mass is 422 g/mol. The van der Waals surface area contributed by atoms with E-state index in [2.05, 4.69) is 9.97 Å². The molecule has 0 unspecified atom stereocenters. The van der Waals surface area contributed by atoms with Crippen molar-refractivity contribution in [3.05, 3.63) is 45.9 Å². The Morgan fingerprint density at radius 3 is 2.74 bits per heavy atom. The lowest BCUT2D eigenvalue weighted by molar-refractivity contribution is 0.0605. The number of hydrogen-bond acceptors (Lipinski definition) is 7. The summed E-state index contributed by atoms with van der Waals surface area (Å²) < 4.78 is 10.5. The van der Waals surface area contributed by atoms with Crippen molar-refractivity contribution < 1.29 is 14.3 Å². The number of thioether (sulfide) groups is 1. The number of para-hydroxylation sites is 1. The molecular weight excluding hydrogens is 404 g/mol. The summed E-state index contributed by atoms with van der Waals surface area (Å²) in [4.78, 5) is 22.0. The van der Waals surface area contributed by atoms with Gasteiger partial charge in [-0.2, -0.15) is 0 Å². The summed E-state index contributed by atoms with van der Waals surface area (Å²) in [7, 11) is 1.36. The van der Waals surface area contributed by atoms with Gasteiger partial charge in [-0.05, 0) is 37.5 Å². The number of unbranched alkanes of at least 4 members (excludes halogenated alkanes) is 1. The number of methoxy groups -OCH3 is 1. The van der Waals surface area contributed by atoms with Gasteiger partial charge in [0.2, 0.25) is 0 Å². The molecule has 0 saturated carbocycles. The lowest BCUT2D eigenvalue weighted by Crippen LogP contribution is -1.99. The predicted molar refractivity (Wildman–Crippen MR) is 110 cm³/mol. The average molecular weight is 423 g/mol. The number of fused-ring (bicyclic) bond motifs is 1. The molecule has 3 aromatic rings. The van der Waals surface area contributed by atoms with Gasteiger partial charge in [0.1, 0.15) is 20.6 Å². The molecule has 1 aromatic carbocycles. The highest BCUT2D eigenvalue weighted by atomic mass is 35.5. The number of thiophene rings is 1. The Morgan fingerprint density at radius 2 is 2.00 bits per heavy atom. The summed E-state index contributed by atoms with van der Waals surface area (Å²) >= 11 is 9.17. The van der Waals surface area contributed by atoms with Crippen molar-refractivity contribution >= 4 is 50.9 Å². The second-order valence-corrected chi connectivity index (χ2v) is 8.16. The Hall–Kier alpha value is -1.83. The number of halogens is 1. The summed E-state index contributed by atoms with van der Waals surface area (Å²) in [6, 6.07) is 9.78. The fourth-order valence-electron chi connectivity index (χ4n) is 2.50. The van der Waals surface area contributed by atoms with Gasteiger partial charge >= 0.3 is 5.97 Å². The number of benzene rings is 1. The zero-order valence-electron chi connectivity index (χ0n) is 15.0. The largest absolute Gasteiger partial charge is 0.494 e. The molecule has 0 aliphatic carbocycles. The fraction of sp³-hybridized carbons (Fsp3) is 0.316. The molecule has 8 heteroatoms. The Kier molecular flexibility index (Phi) is 6.93. The molecule has 0 aliphatic heterocycles. The molecule has 2 aromatic heterocycles. The van der Waals surface area contributed by atoms with Gasteiger partial charge in [0.25, 0.3) is 0 Å². The zero-order valence-corrected chi connectivity index (χ0v) is 17.4. The second-order valence-electron chi connectivity index (χ2n) is 5.74. The molecule has 0 amide bonds. The predicted octanol–water partition coefficient (Wildman–Crippen LogP) is 5.39. The number of nitrogens with zero attached hydrogens (tertiary/aromatic N) is 2. The first-order valence-corrected chi connectivity index (χ1v) is 10.6. The molecule has 3 rings (SSSR count). The summed E-state index contributed by atoms with van der Waals surface area (Å²) in [5, 5.41) is 1.72. The van der Waals surface area contributed by atoms with Crippen LogP contribution in [-0.4, -0.2) is 35.4 Å². The smallest absolute Gasteiger partial charge is 0.348 e. The summed E-state index contributed by atoms with van der Waals surface area (Å²) in [5.74, 6) is 1.38. The van der Waals surface area contributed by atoms with Crippen LogP contribution in [0.4, 0.5) is 0 Å². The Bertz CT molecular complexity index is 932. The summed E-state index contributed by atoms with van der Waals surface area (Å²) in [6.07, 6.45) is 1.93. The number of ether oxygens (including phenoxy) is 2. The van der Waals surface area contributed by atoms with Crippen LogP contribution in [0.5, 0.6) is 5.75 Å². The molecule has 0 N–H and O–H groups in total. The number of aryl methyl sites for hydroxylation is 1. The van der Waals surface area contributed by atoms with Crippen LogP contribution in [0, 0.1) is 6.92 Å². The maximum Gasteiger partial charge on any atom is 0.348 e. The normalized spacial score (nSPS) is 10.9. The van der Waals surface area contributed by atoms with E-state index < -0.39 is 0 Å². The Labute approximate surface area is 171 Å². The fourth-order valence-corrected chi connectivity index (χ4v) is 4.91. The molecule has 5 nitrogen and oxygen atoms in total. The number of hydrogen-bond donors (Lipinski definition) is 0. The lowest BCUT2D eigenvalue weighted by atomic mass is 10.2. The van der Waals surface area contributed by atoms with E-state index in [1.54, 1.807) is 11.8 Å². The van der Waals surface area contributed by atoms with E-state index in [0.29, 0.717) is 26.6 Å². The van der Waals surface area contributed by atoms with Gasteiger partial charge in [0.15, 0.2) is 5.16 Å². The van der Waals surface area contributed by atoms with Gasteiger partial charge in [0.05, 0.1) is 19.1 Å². The van der Waals surface area contributed by atoms with Crippen molar-refractivity contribution in [2.24, 2.45) is 0 Å². The van der Waals surface area contributed by atoms with Gasteiger partial charge in [-0.25, -0.2) is 14.8 Å². The standard InChI is InChI=1S/C19H19ClN2O3S2/c1-12-14-16(20)21-19(22-17(14)27-15(12)18(23)24-2)26-11-7-6-10-25-13-8-4-3-5-9-13/h3-5,8-9H,6-7,10-11H2,1-2H3. The minimum Gasteiger partial charge on any atom is -0.494 e. The van der Waals surface area contributed by atoms with Crippen LogP contribution in [0.3, 0.4) is 0 Å². The minimum atomic E-state index is -0.376. The highest BCUT2D eigenvalue weighted by Gasteiger charge is 2.20. The molecule has 2 heterocycles. The molecule has 0 spiro atoms. The molecule has 0 fully saturated rings. The van der Waals surface area contributed by atoms with Crippen molar-refractivity contribution in [3.8, 4) is 5.75 Å². The quantitative estimate of drug-likeness (QED) is 0.159. The van der Waals surface area contributed by atoms with Crippen LogP contribution in [0.15, 0.2) is 35.5 Å². The molecule has 0 aliphatic rings. The van der Waals surface area contributed by atoms with Crippen molar-refractivity contribution in [2.75, 3.05) is 19.5 Å². The second kappa shape index (κ2) is 9.39. The Balaban J connectivity index is 1.55. The maximum atomic E-state index is 11.9. The van der Waals surface area contributed by atoms with Gasteiger partial charge < -0.3 is 9.47 Å². The van der Waals surface area contributed by atoms with E-state index in [9.17, 15) is 4.79 Å². The van der Waals surface area contributed by atoms with Gasteiger partial charge in [0, 0.05) is 5.75 Å². The highest BCUT2D eigenvalue weighted by molar-refractivity contribution is 7.99. The topological polar surface area (TPSA) is 61.3 Å². The number of aromatic nitrogens is 2. The van der Waals surface area contributed by atoms with E-state index in [0.717, 1.165) is 35.3 Å². The van der Waals surface area contributed by atoms with Gasteiger partial charge in [-0.3, -0.25) is 0 Å². The minimum absolute atomic E-state index is 0.374. The van der Waals surface area contributed by atoms with Crippen LogP contribution in [-0.2, 0) is 4.74 Å². The van der Waals surface area contributed by atoms with Crippen LogP contribution in [0.1, 0.15) is 28.1 Å². The van der Waals surface area contributed by atoms with Crippen LogP contribution in [0.2, 0.25) is 5.15 Å². The highest BCUT2D eigenvalue weighted by Crippen LogP contribution is 2.35. The summed E-state index contributed by atoms with van der Waals surface area (Å²) in [5.41, 5.74) is 0.765. The molecule has 27 heavy (non-hydrogen) atoms. The number of carbonyl (C=O) groups excluding carboxylic acids is 1. The van der Waals surface area contributed by atoms with Crippen molar-refractivity contribution in [3.63, 3.8) is 0 Å². The third kappa shape index (κ3) is 4.91. The number of esters is 1. The Morgan fingerprint density at radius 1 is 1.22 bits per heavy atom. The first-order valence-electron chi connectivity index (χ1n) is 8.45. The lowest BCUT2D eigenvalue weighted by Gasteiger charge is -2.05. The van der Waals surface area contributed by atoms with Crippen molar-refractivity contribution in [1.29, 1.82) is 0 Å². The zero-order chi connectivity index (χ0) is 19.2. The van der Waals surface area contributed by atoms with Crippen molar-refractivity contribution in [1.82, 2.24) is 9.97 Å². The van der Waals surface area contributed by atoms with Crippen LogP contribution >= 0.6 is 34.7 Å². The van der Waals surface area contributed by atoms with Gasteiger partial charge in [-0.15, -0.1) is 11.3 Å². The molecule has 0 saturated heterocycles. The average Bonchev–Trinajstić information content (AvgIpc) is 3.01. The van der Waals surface area contributed by atoms with E-state index in [1.165, 1.54) is 18.4 Å². The molecule has 0 radical (unpaired) electrons. The molecule has 0 atom stereocenters. The molecule has 142 valence electrons. The number of rotatable bonds is 8. The van der Waals surface area contributed by atoms with Crippen LogP contribution < -0.4 is 4.74 Å². The summed E-state index contributed by atoms with van der Waals surface area (Å²) in [6.45, 7) is 2.51. The van der Waals surface area contributed by atoms with Crippen LogP contribution in [0.25, 0.3) is 10.2 Å². The maximum absolute atomic E-state index is 11.9. The third-order valence-electron chi connectivity index (χ3n) is 3.88. The van der Waals surface area contributed by atoms with E-state index in [1.807, 2.05) is 37.3 Å². The van der Waals surface area contributed by atoms with E-state index in [4.69, 9.17) is 21.1 Å². The van der Waals surface area contributed by atoms with Crippen molar-refractivity contribution in [2.45, 2.75) is 24.9 Å². The first kappa shape index (κ1) is 19.9. The third-order valence-corrected chi connectivity index (χ3v) is 6.25. The van der Waals surface area contributed by atoms with E-state index in [-0.39, 0.29) is 5.97 Å². The van der Waals surface area contributed by atoms with Gasteiger partial charge in [-0.1, -0.05) is 41.6 Å². The molecular formula is C19H19ClN2O3S2.